The molecule has 1 N–H and O–H groups in total. The maximum Gasteiger partial charge on any atom is 0.162 e. The van der Waals surface area contributed by atoms with Gasteiger partial charge in [-0.15, -0.1) is 0 Å². The average Bonchev–Trinajstić information content (AvgIpc) is 2.85. The summed E-state index contributed by atoms with van der Waals surface area (Å²) in [6.45, 7) is 3.33. The van der Waals surface area contributed by atoms with E-state index in [0.717, 1.165) is 51.4 Å². The zero-order valence-corrected chi connectivity index (χ0v) is 12.5. The lowest BCUT2D eigenvalue weighted by atomic mass is 10.1. The molecule has 0 radical (unpaired) electrons. The van der Waals surface area contributed by atoms with Crippen molar-refractivity contribution in [3.05, 3.63) is 51.9 Å². The Bertz CT molecular complexity index is 880. The van der Waals surface area contributed by atoms with Gasteiger partial charge in [-0.1, -0.05) is 42.5 Å². The summed E-state index contributed by atoms with van der Waals surface area (Å²) in [4.78, 5) is 4.86. The second-order valence-electron chi connectivity index (χ2n) is 5.28. The first kappa shape index (κ1) is 12.7. The van der Waals surface area contributed by atoms with E-state index in [1.165, 1.54) is 0 Å². The lowest BCUT2D eigenvalue weighted by molar-refractivity contribution is 0.108. The summed E-state index contributed by atoms with van der Waals surface area (Å²) in [6, 6.07) is 10.3. The standard InChI is InChI=1S/C16H15N3OS/c1-10-14(11-5-3-2-4-6-11)15-17-13-7-8-20-9-12(13)16(21)19(15)18-10/h2-6,18H,7-9H2,1H3. The molecule has 0 aliphatic carbocycles. The molecule has 1 aliphatic heterocycles. The minimum absolute atomic E-state index is 0.558. The fourth-order valence-corrected chi connectivity index (χ4v) is 3.22. The van der Waals surface area contributed by atoms with E-state index in [9.17, 15) is 0 Å². The molecular weight excluding hydrogens is 282 g/mol. The Kier molecular flexibility index (Phi) is 2.90. The van der Waals surface area contributed by atoms with E-state index in [0.29, 0.717) is 6.61 Å². The van der Waals surface area contributed by atoms with Crippen molar-refractivity contribution in [2.24, 2.45) is 0 Å². The number of hydrogen-bond donors (Lipinski definition) is 1. The maximum absolute atomic E-state index is 5.62. The molecule has 3 heterocycles. The molecule has 106 valence electrons. The summed E-state index contributed by atoms with van der Waals surface area (Å²) >= 11 is 5.62. The van der Waals surface area contributed by atoms with Gasteiger partial charge in [-0.2, -0.15) is 0 Å². The number of nitrogens with one attached hydrogen (secondary N) is 1. The molecule has 0 amide bonds. The summed E-state index contributed by atoms with van der Waals surface area (Å²) in [5, 5.41) is 3.34. The largest absolute Gasteiger partial charge is 0.376 e. The minimum atomic E-state index is 0.558. The summed E-state index contributed by atoms with van der Waals surface area (Å²) < 4.78 is 8.19. The number of H-pyrrole nitrogens is 1. The molecule has 0 fully saturated rings. The number of fused-ring (bicyclic) bond motifs is 2. The van der Waals surface area contributed by atoms with Crippen molar-refractivity contribution in [1.82, 2.24) is 14.6 Å². The van der Waals surface area contributed by atoms with Crippen molar-refractivity contribution in [2.45, 2.75) is 20.0 Å². The van der Waals surface area contributed by atoms with Gasteiger partial charge in [-0.25, -0.2) is 9.50 Å². The van der Waals surface area contributed by atoms with Gasteiger partial charge in [0.05, 0.1) is 18.9 Å². The topological polar surface area (TPSA) is 42.3 Å². The number of hydrogen-bond acceptors (Lipinski definition) is 3. The van der Waals surface area contributed by atoms with Crippen LogP contribution in [0.2, 0.25) is 0 Å². The molecular formula is C16H15N3OS. The fourth-order valence-electron chi connectivity index (χ4n) is 2.91. The molecule has 3 aromatic rings. The van der Waals surface area contributed by atoms with Gasteiger partial charge in [0.25, 0.3) is 0 Å². The molecule has 4 rings (SSSR count). The Morgan fingerprint density at radius 3 is 2.90 bits per heavy atom. The highest BCUT2D eigenvalue weighted by Crippen LogP contribution is 2.29. The number of rotatable bonds is 1. The van der Waals surface area contributed by atoms with Crippen LogP contribution in [-0.2, 0) is 17.8 Å². The van der Waals surface area contributed by atoms with E-state index >= 15 is 0 Å². The Hall–Kier alpha value is -1.98. The third-order valence-corrected chi connectivity index (χ3v) is 4.36. The van der Waals surface area contributed by atoms with Gasteiger partial charge in [-0.3, -0.25) is 5.10 Å². The summed E-state index contributed by atoms with van der Waals surface area (Å²) in [6.07, 6.45) is 0.827. The first-order valence-electron chi connectivity index (χ1n) is 7.02. The molecule has 4 nitrogen and oxygen atoms in total. The van der Waals surface area contributed by atoms with Crippen LogP contribution in [0.15, 0.2) is 30.3 Å². The molecule has 0 atom stereocenters. The van der Waals surface area contributed by atoms with Crippen molar-refractivity contribution in [3.63, 3.8) is 0 Å². The van der Waals surface area contributed by atoms with Crippen molar-refractivity contribution in [1.29, 1.82) is 0 Å². The molecule has 0 spiro atoms. The van der Waals surface area contributed by atoms with Gasteiger partial charge in [0.15, 0.2) is 5.65 Å². The first-order valence-corrected chi connectivity index (χ1v) is 7.43. The predicted octanol–water partition coefficient (Wildman–Crippen LogP) is 3.44. The van der Waals surface area contributed by atoms with E-state index in [1.54, 1.807) is 0 Å². The van der Waals surface area contributed by atoms with Crippen LogP contribution in [0.3, 0.4) is 0 Å². The third kappa shape index (κ3) is 1.92. The van der Waals surface area contributed by atoms with Gasteiger partial charge >= 0.3 is 0 Å². The molecule has 2 aromatic heterocycles. The molecule has 0 bridgehead atoms. The Labute approximate surface area is 127 Å². The van der Waals surface area contributed by atoms with Gasteiger partial charge in [0.1, 0.15) is 4.64 Å². The van der Waals surface area contributed by atoms with Crippen LogP contribution in [0.5, 0.6) is 0 Å². The van der Waals surface area contributed by atoms with Crippen molar-refractivity contribution in [3.8, 4) is 11.1 Å². The predicted molar refractivity (Wildman–Crippen MR) is 83.9 cm³/mol. The number of aromatic amines is 1. The lowest BCUT2D eigenvalue weighted by Gasteiger charge is -2.16. The second-order valence-corrected chi connectivity index (χ2v) is 5.67. The number of aromatic nitrogens is 3. The van der Waals surface area contributed by atoms with Crippen LogP contribution in [0.25, 0.3) is 16.8 Å². The normalized spacial score (nSPS) is 14.3. The van der Waals surface area contributed by atoms with Gasteiger partial charge in [0.2, 0.25) is 0 Å². The maximum atomic E-state index is 5.62. The molecule has 1 aromatic carbocycles. The number of benzene rings is 1. The quantitative estimate of drug-likeness (QED) is 0.700. The van der Waals surface area contributed by atoms with Crippen LogP contribution in [-0.4, -0.2) is 21.2 Å². The van der Waals surface area contributed by atoms with E-state index in [1.807, 2.05) is 22.7 Å². The third-order valence-electron chi connectivity index (χ3n) is 3.93. The number of aryl methyl sites for hydroxylation is 1. The van der Waals surface area contributed by atoms with Crippen molar-refractivity contribution >= 4 is 17.9 Å². The van der Waals surface area contributed by atoms with Crippen LogP contribution in [0.4, 0.5) is 0 Å². The Balaban J connectivity index is 2.07. The van der Waals surface area contributed by atoms with Gasteiger partial charge in [0, 0.05) is 23.2 Å². The Morgan fingerprint density at radius 2 is 2.10 bits per heavy atom. The van der Waals surface area contributed by atoms with E-state index < -0.39 is 0 Å². The summed E-state index contributed by atoms with van der Waals surface area (Å²) in [7, 11) is 0. The molecule has 0 saturated heterocycles. The van der Waals surface area contributed by atoms with Crippen molar-refractivity contribution < 1.29 is 4.74 Å². The molecule has 0 saturated carbocycles. The Morgan fingerprint density at radius 1 is 1.29 bits per heavy atom. The van der Waals surface area contributed by atoms with Gasteiger partial charge in [-0.05, 0) is 12.5 Å². The van der Waals surface area contributed by atoms with E-state index in [4.69, 9.17) is 21.9 Å². The molecule has 1 aliphatic rings. The zero-order chi connectivity index (χ0) is 14.4. The van der Waals surface area contributed by atoms with Crippen LogP contribution < -0.4 is 0 Å². The minimum Gasteiger partial charge on any atom is -0.376 e. The first-order chi connectivity index (χ1) is 10.3. The lowest BCUT2D eigenvalue weighted by Crippen LogP contribution is -2.14. The van der Waals surface area contributed by atoms with Gasteiger partial charge < -0.3 is 4.74 Å². The average molecular weight is 297 g/mol. The SMILES string of the molecule is Cc1[nH]n2c(=S)c3c(nc2c1-c1ccccc1)CCOC3. The van der Waals surface area contributed by atoms with E-state index in [-0.39, 0.29) is 0 Å². The van der Waals surface area contributed by atoms with Crippen LogP contribution in [0.1, 0.15) is 17.0 Å². The van der Waals surface area contributed by atoms with Crippen LogP contribution in [0, 0.1) is 11.6 Å². The molecule has 0 unspecified atom stereocenters. The van der Waals surface area contributed by atoms with Crippen LogP contribution >= 0.6 is 12.2 Å². The highest BCUT2D eigenvalue weighted by Gasteiger charge is 2.19. The monoisotopic (exact) mass is 297 g/mol. The molecule has 5 heteroatoms. The highest BCUT2D eigenvalue weighted by atomic mass is 32.1. The summed E-state index contributed by atoms with van der Waals surface area (Å²) in [5.41, 5.74) is 6.36. The van der Waals surface area contributed by atoms with E-state index in [2.05, 4.69) is 24.2 Å². The second kappa shape index (κ2) is 4.79. The fraction of sp³-hybridized carbons (Fsp3) is 0.250. The molecule has 21 heavy (non-hydrogen) atoms. The summed E-state index contributed by atoms with van der Waals surface area (Å²) in [5.74, 6) is 0. The smallest absolute Gasteiger partial charge is 0.162 e. The highest BCUT2D eigenvalue weighted by molar-refractivity contribution is 7.71. The number of nitrogens with zero attached hydrogens (tertiary/aromatic N) is 2. The number of ether oxygens (including phenoxy) is 1. The van der Waals surface area contributed by atoms with Crippen molar-refractivity contribution in [2.75, 3.05) is 6.61 Å². The zero-order valence-electron chi connectivity index (χ0n) is 11.7.